The third-order valence-electron chi connectivity index (χ3n) is 5.07. The third kappa shape index (κ3) is 6.69. The van der Waals surface area contributed by atoms with Crippen LogP contribution >= 0.6 is 11.8 Å². The van der Waals surface area contributed by atoms with Gasteiger partial charge in [-0.1, -0.05) is 23.9 Å². The fourth-order valence-corrected chi connectivity index (χ4v) is 4.54. The molecule has 0 radical (unpaired) electrons. The fourth-order valence-electron chi connectivity index (χ4n) is 3.60. The molecule has 0 spiro atoms. The third-order valence-corrected chi connectivity index (χ3v) is 6.03. The van der Waals surface area contributed by atoms with Crippen LogP contribution in [0.15, 0.2) is 29.4 Å². The summed E-state index contributed by atoms with van der Waals surface area (Å²) in [7, 11) is 1.68. The van der Waals surface area contributed by atoms with Crippen LogP contribution in [0.4, 0.5) is 0 Å². The molecule has 31 heavy (non-hydrogen) atoms. The Kier molecular flexibility index (Phi) is 7.96. The average Bonchev–Trinajstić information content (AvgIpc) is 3.07. The molecule has 1 saturated heterocycles. The Morgan fingerprint density at radius 3 is 2.55 bits per heavy atom. The van der Waals surface area contributed by atoms with E-state index in [9.17, 15) is 9.59 Å². The minimum absolute atomic E-state index is 0.0257. The Labute approximate surface area is 188 Å². The van der Waals surface area contributed by atoms with Gasteiger partial charge in [-0.05, 0) is 32.9 Å². The van der Waals surface area contributed by atoms with Crippen LogP contribution in [-0.4, -0.2) is 88.9 Å². The van der Waals surface area contributed by atoms with Crippen LogP contribution in [0.5, 0.6) is 0 Å². The van der Waals surface area contributed by atoms with Crippen molar-refractivity contribution in [1.82, 2.24) is 24.7 Å². The van der Waals surface area contributed by atoms with E-state index in [0.717, 1.165) is 16.2 Å². The highest BCUT2D eigenvalue weighted by Crippen LogP contribution is 2.24. The molecule has 1 aromatic heterocycles. The Balaban J connectivity index is 1.51. The van der Waals surface area contributed by atoms with Gasteiger partial charge in [0.2, 0.25) is 11.8 Å². The molecule has 0 bridgehead atoms. The number of amides is 2. The number of ether oxygens (including phenoxy) is 1. The zero-order valence-electron chi connectivity index (χ0n) is 18.9. The largest absolute Gasteiger partial charge is 0.383 e. The van der Waals surface area contributed by atoms with E-state index in [2.05, 4.69) is 14.8 Å². The summed E-state index contributed by atoms with van der Waals surface area (Å²) in [5, 5.41) is 3.82. The molecule has 1 aromatic carbocycles. The zero-order chi connectivity index (χ0) is 22.4. The maximum Gasteiger partial charge on any atom is 0.234 e. The number of carbonyl (C=O) groups excluding carboxylic acids is 2. The highest BCUT2D eigenvalue weighted by molar-refractivity contribution is 7.99. The van der Waals surface area contributed by atoms with Crippen molar-refractivity contribution in [2.75, 3.05) is 52.2 Å². The number of hydrogen-bond acceptors (Lipinski definition) is 6. The van der Waals surface area contributed by atoms with Crippen molar-refractivity contribution in [1.29, 1.82) is 0 Å². The minimum Gasteiger partial charge on any atom is -0.383 e. The maximum absolute atomic E-state index is 12.8. The minimum atomic E-state index is -0.230. The number of fused-ring (bicyclic) bond motifs is 1. The topological polar surface area (TPSA) is 79.7 Å². The molecule has 0 saturated carbocycles. The van der Waals surface area contributed by atoms with Gasteiger partial charge in [-0.25, -0.2) is 4.98 Å². The number of carbonyl (C=O) groups is 2. The van der Waals surface area contributed by atoms with Gasteiger partial charge in [-0.2, -0.15) is 0 Å². The van der Waals surface area contributed by atoms with Crippen molar-refractivity contribution in [3.05, 3.63) is 24.3 Å². The Morgan fingerprint density at radius 2 is 1.87 bits per heavy atom. The molecule has 1 aliphatic heterocycles. The maximum atomic E-state index is 12.8. The van der Waals surface area contributed by atoms with E-state index in [0.29, 0.717) is 51.6 Å². The van der Waals surface area contributed by atoms with Gasteiger partial charge in [0.05, 0.1) is 29.9 Å². The van der Waals surface area contributed by atoms with Crippen molar-refractivity contribution in [2.45, 2.75) is 38.0 Å². The van der Waals surface area contributed by atoms with Gasteiger partial charge in [0.15, 0.2) is 5.16 Å². The summed E-state index contributed by atoms with van der Waals surface area (Å²) in [6.45, 7) is 10.3. The number of thioether (sulfide) groups is 1. The molecule has 2 amide bonds. The summed E-state index contributed by atoms with van der Waals surface area (Å²) in [5.41, 5.74) is 1.75. The van der Waals surface area contributed by atoms with E-state index in [4.69, 9.17) is 9.72 Å². The van der Waals surface area contributed by atoms with Gasteiger partial charge in [0.1, 0.15) is 0 Å². The van der Waals surface area contributed by atoms with Crippen molar-refractivity contribution in [3.8, 4) is 0 Å². The lowest BCUT2D eigenvalue weighted by molar-refractivity contribution is -0.130. The average molecular weight is 448 g/mol. The summed E-state index contributed by atoms with van der Waals surface area (Å²) < 4.78 is 7.35. The Hall–Kier alpha value is -2.10. The fraction of sp³-hybridized carbons (Fsp3) is 0.591. The molecule has 2 aromatic rings. The van der Waals surface area contributed by atoms with Crippen molar-refractivity contribution in [3.63, 3.8) is 0 Å². The number of nitrogens with one attached hydrogen (secondary N) is 1. The Bertz CT molecular complexity index is 900. The van der Waals surface area contributed by atoms with Gasteiger partial charge in [0.25, 0.3) is 0 Å². The molecule has 9 heteroatoms. The molecule has 3 rings (SSSR count). The molecule has 2 heterocycles. The van der Waals surface area contributed by atoms with Crippen LogP contribution in [-0.2, 0) is 20.9 Å². The number of benzene rings is 1. The first-order valence-corrected chi connectivity index (χ1v) is 11.6. The van der Waals surface area contributed by atoms with E-state index in [-0.39, 0.29) is 17.4 Å². The molecule has 1 fully saturated rings. The normalized spacial score (nSPS) is 15.4. The quantitative estimate of drug-likeness (QED) is 0.622. The molecule has 0 unspecified atom stereocenters. The SMILES string of the molecule is COCCn1c(SCC(=O)N2CCN(CC(=O)NC(C)(C)C)CC2)nc2ccccc21. The second-order valence-corrected chi connectivity index (χ2v) is 9.71. The van der Waals surface area contributed by atoms with Crippen LogP contribution in [0, 0.1) is 0 Å². The first-order valence-electron chi connectivity index (χ1n) is 10.6. The Morgan fingerprint density at radius 1 is 1.16 bits per heavy atom. The lowest BCUT2D eigenvalue weighted by atomic mass is 10.1. The lowest BCUT2D eigenvalue weighted by Gasteiger charge is -2.34. The monoisotopic (exact) mass is 447 g/mol. The smallest absolute Gasteiger partial charge is 0.234 e. The predicted octanol–water partition coefficient (Wildman–Crippen LogP) is 1.83. The zero-order valence-corrected chi connectivity index (χ0v) is 19.7. The molecule has 170 valence electrons. The van der Waals surface area contributed by atoms with E-state index in [1.807, 2.05) is 49.9 Å². The number of hydrogen-bond donors (Lipinski definition) is 1. The number of para-hydroxylation sites is 2. The first-order chi connectivity index (χ1) is 14.8. The van der Waals surface area contributed by atoms with Crippen LogP contribution in [0.1, 0.15) is 20.8 Å². The second kappa shape index (κ2) is 10.5. The molecular weight excluding hydrogens is 414 g/mol. The molecule has 1 N–H and O–H groups in total. The summed E-state index contributed by atoms with van der Waals surface area (Å²) in [6.07, 6.45) is 0. The van der Waals surface area contributed by atoms with E-state index >= 15 is 0 Å². The van der Waals surface area contributed by atoms with Crippen LogP contribution in [0.25, 0.3) is 11.0 Å². The number of imidazole rings is 1. The predicted molar refractivity (Wildman–Crippen MR) is 123 cm³/mol. The number of piperazine rings is 1. The van der Waals surface area contributed by atoms with Crippen LogP contribution < -0.4 is 5.32 Å². The van der Waals surface area contributed by atoms with Crippen molar-refractivity contribution in [2.24, 2.45) is 0 Å². The standard InChI is InChI=1S/C22H33N5O3S/c1-22(2,3)24-19(28)15-25-9-11-26(12-10-25)20(29)16-31-21-23-17-7-5-6-8-18(17)27(21)13-14-30-4/h5-8H,9-16H2,1-4H3,(H,24,28). The van der Waals surface area contributed by atoms with Gasteiger partial charge >= 0.3 is 0 Å². The second-order valence-electron chi connectivity index (χ2n) is 8.77. The summed E-state index contributed by atoms with van der Waals surface area (Å²) in [4.78, 5) is 33.6. The summed E-state index contributed by atoms with van der Waals surface area (Å²) in [5.74, 6) is 0.479. The molecule has 0 aliphatic carbocycles. The highest BCUT2D eigenvalue weighted by Gasteiger charge is 2.24. The molecule has 8 nitrogen and oxygen atoms in total. The van der Waals surface area contributed by atoms with Gasteiger partial charge < -0.3 is 19.5 Å². The number of nitrogens with zero attached hydrogens (tertiary/aromatic N) is 4. The lowest BCUT2D eigenvalue weighted by Crippen LogP contribution is -2.53. The van der Waals surface area contributed by atoms with Gasteiger partial charge in [-0.15, -0.1) is 0 Å². The summed E-state index contributed by atoms with van der Waals surface area (Å²) >= 11 is 1.47. The first kappa shape index (κ1) is 23.6. The number of rotatable bonds is 8. The molecule has 0 atom stereocenters. The number of methoxy groups -OCH3 is 1. The van der Waals surface area contributed by atoms with Gasteiger partial charge in [-0.3, -0.25) is 14.5 Å². The highest BCUT2D eigenvalue weighted by atomic mass is 32.2. The van der Waals surface area contributed by atoms with Crippen LogP contribution in [0.3, 0.4) is 0 Å². The molecular formula is C22H33N5O3S. The van der Waals surface area contributed by atoms with E-state index in [1.165, 1.54) is 11.8 Å². The van der Waals surface area contributed by atoms with E-state index < -0.39 is 0 Å². The summed E-state index contributed by atoms with van der Waals surface area (Å²) in [6, 6.07) is 7.99. The van der Waals surface area contributed by atoms with Gasteiger partial charge in [0, 0.05) is 45.4 Å². The van der Waals surface area contributed by atoms with Crippen molar-refractivity contribution < 1.29 is 14.3 Å². The van der Waals surface area contributed by atoms with Crippen molar-refractivity contribution >= 4 is 34.6 Å². The van der Waals surface area contributed by atoms with Crippen LogP contribution in [0.2, 0.25) is 0 Å². The molecule has 1 aliphatic rings. The number of aromatic nitrogens is 2. The van der Waals surface area contributed by atoms with E-state index in [1.54, 1.807) is 7.11 Å².